The summed E-state index contributed by atoms with van der Waals surface area (Å²) in [6, 6.07) is 7.95. The van der Waals surface area contributed by atoms with Crippen molar-refractivity contribution >= 4 is 11.6 Å². The van der Waals surface area contributed by atoms with Gasteiger partial charge in [0.1, 0.15) is 16.7 Å². The lowest BCUT2D eigenvalue weighted by Gasteiger charge is -2.09. The first-order valence-corrected chi connectivity index (χ1v) is 6.09. The Morgan fingerprint density at radius 3 is 2.78 bits per heavy atom. The van der Waals surface area contributed by atoms with Crippen molar-refractivity contribution in [3.8, 4) is 5.75 Å². The van der Waals surface area contributed by atoms with Crippen molar-refractivity contribution in [2.75, 3.05) is 7.11 Å². The van der Waals surface area contributed by atoms with Gasteiger partial charge in [-0.05, 0) is 6.07 Å². The van der Waals surface area contributed by atoms with Crippen LogP contribution in [0.25, 0.3) is 0 Å². The molecular weight excluding hydrogens is 250 g/mol. The van der Waals surface area contributed by atoms with Crippen molar-refractivity contribution in [1.82, 2.24) is 14.9 Å². The number of aromatic nitrogens is 2. The van der Waals surface area contributed by atoms with Crippen LogP contribution in [-0.4, -0.2) is 16.7 Å². The van der Waals surface area contributed by atoms with Gasteiger partial charge in [-0.2, -0.15) is 0 Å². The maximum absolute atomic E-state index is 5.93. The van der Waals surface area contributed by atoms with Gasteiger partial charge >= 0.3 is 0 Å². The van der Waals surface area contributed by atoms with E-state index in [9.17, 15) is 0 Å². The molecule has 18 heavy (non-hydrogen) atoms. The van der Waals surface area contributed by atoms with E-state index in [-0.39, 0.29) is 0 Å². The highest BCUT2D eigenvalue weighted by molar-refractivity contribution is 6.29. The molecule has 0 radical (unpaired) electrons. The number of ether oxygens (including phenoxy) is 1. The van der Waals surface area contributed by atoms with Crippen molar-refractivity contribution in [2.45, 2.75) is 13.1 Å². The molecule has 4 nitrogen and oxygen atoms in total. The summed E-state index contributed by atoms with van der Waals surface area (Å²) < 4.78 is 7.15. The molecule has 2 rings (SSSR count). The molecule has 1 heterocycles. The molecular formula is C13H16ClN3O. The van der Waals surface area contributed by atoms with Crippen molar-refractivity contribution < 1.29 is 4.74 Å². The summed E-state index contributed by atoms with van der Waals surface area (Å²) in [5, 5.41) is 3.97. The van der Waals surface area contributed by atoms with Crippen LogP contribution in [0.1, 0.15) is 11.4 Å². The van der Waals surface area contributed by atoms with Crippen LogP contribution in [0.2, 0.25) is 5.15 Å². The fourth-order valence-corrected chi connectivity index (χ4v) is 1.89. The number of nitrogens with one attached hydrogen (secondary N) is 1. The molecule has 0 unspecified atom stereocenters. The second-order valence-electron chi connectivity index (χ2n) is 3.97. The number of para-hydroxylation sites is 1. The van der Waals surface area contributed by atoms with Crippen LogP contribution in [0.5, 0.6) is 5.75 Å². The number of nitrogens with zero attached hydrogens (tertiary/aromatic N) is 2. The summed E-state index contributed by atoms with van der Waals surface area (Å²) >= 11 is 5.93. The Morgan fingerprint density at radius 2 is 2.11 bits per heavy atom. The third kappa shape index (κ3) is 2.83. The first-order valence-electron chi connectivity index (χ1n) is 5.71. The molecule has 0 atom stereocenters. The van der Waals surface area contributed by atoms with E-state index in [1.165, 1.54) is 0 Å². The normalized spacial score (nSPS) is 10.6. The van der Waals surface area contributed by atoms with Gasteiger partial charge in [-0.1, -0.05) is 29.8 Å². The molecule has 0 saturated carbocycles. The molecule has 0 amide bonds. The molecule has 0 aliphatic heterocycles. The predicted molar refractivity (Wildman–Crippen MR) is 71.8 cm³/mol. The van der Waals surface area contributed by atoms with E-state index in [2.05, 4.69) is 10.3 Å². The smallest absolute Gasteiger partial charge is 0.128 e. The van der Waals surface area contributed by atoms with Gasteiger partial charge in [-0.15, -0.1) is 0 Å². The molecule has 96 valence electrons. The second kappa shape index (κ2) is 5.89. The number of rotatable bonds is 5. The molecule has 1 aromatic carbocycles. The molecule has 1 N–H and O–H groups in total. The molecule has 0 spiro atoms. The summed E-state index contributed by atoms with van der Waals surface area (Å²) in [6.45, 7) is 1.40. The van der Waals surface area contributed by atoms with Gasteiger partial charge in [0.2, 0.25) is 0 Å². The van der Waals surface area contributed by atoms with E-state index in [4.69, 9.17) is 16.3 Å². The Hall–Kier alpha value is -1.52. The molecule has 1 aromatic heterocycles. The molecule has 5 heteroatoms. The third-order valence-corrected chi connectivity index (χ3v) is 3.17. The van der Waals surface area contributed by atoms with E-state index >= 15 is 0 Å². The van der Waals surface area contributed by atoms with E-state index in [0.29, 0.717) is 11.7 Å². The summed E-state index contributed by atoms with van der Waals surface area (Å²) in [6.07, 6.45) is 1.65. The van der Waals surface area contributed by atoms with Crippen LogP contribution < -0.4 is 10.1 Å². The van der Waals surface area contributed by atoms with Crippen molar-refractivity contribution in [3.63, 3.8) is 0 Å². The Bertz CT molecular complexity index is 525. The largest absolute Gasteiger partial charge is 0.496 e. The number of hydrogen-bond donors (Lipinski definition) is 1. The molecule has 2 aromatic rings. The number of imidazole rings is 1. The van der Waals surface area contributed by atoms with Gasteiger partial charge in [0, 0.05) is 19.2 Å². The number of hydrogen-bond acceptors (Lipinski definition) is 3. The molecule has 0 aliphatic carbocycles. The molecule has 0 aliphatic rings. The van der Waals surface area contributed by atoms with Crippen LogP contribution >= 0.6 is 11.6 Å². The minimum Gasteiger partial charge on any atom is -0.496 e. The lowest BCUT2D eigenvalue weighted by molar-refractivity contribution is 0.407. The lowest BCUT2D eigenvalue weighted by Crippen LogP contribution is -2.16. The standard InChI is InChI=1S/C13H16ClN3O/c1-17-12(14)8-16-13(17)9-15-7-10-5-3-4-6-11(10)18-2/h3-6,8,15H,7,9H2,1-2H3. The average molecular weight is 266 g/mol. The maximum atomic E-state index is 5.93. The summed E-state index contributed by atoms with van der Waals surface area (Å²) in [5.41, 5.74) is 1.13. The van der Waals surface area contributed by atoms with Crippen LogP contribution in [0.15, 0.2) is 30.5 Å². The minimum absolute atomic E-state index is 0.643. The number of halogens is 1. The molecule has 0 saturated heterocycles. The van der Waals surface area contributed by atoms with Gasteiger partial charge in [-0.3, -0.25) is 0 Å². The Morgan fingerprint density at radius 1 is 1.33 bits per heavy atom. The second-order valence-corrected chi connectivity index (χ2v) is 4.36. The first kappa shape index (κ1) is 12.9. The zero-order chi connectivity index (χ0) is 13.0. The highest BCUT2D eigenvalue weighted by atomic mass is 35.5. The molecule has 0 bridgehead atoms. The number of methoxy groups -OCH3 is 1. The fraction of sp³-hybridized carbons (Fsp3) is 0.308. The number of benzene rings is 1. The van der Waals surface area contributed by atoms with E-state index in [1.54, 1.807) is 13.3 Å². The minimum atomic E-state index is 0.643. The van der Waals surface area contributed by atoms with Crippen molar-refractivity contribution in [2.24, 2.45) is 7.05 Å². The van der Waals surface area contributed by atoms with Crippen LogP contribution in [0.3, 0.4) is 0 Å². The zero-order valence-electron chi connectivity index (χ0n) is 10.5. The van der Waals surface area contributed by atoms with Crippen LogP contribution in [0.4, 0.5) is 0 Å². The van der Waals surface area contributed by atoms with Crippen LogP contribution in [-0.2, 0) is 20.1 Å². The third-order valence-electron chi connectivity index (χ3n) is 2.82. The maximum Gasteiger partial charge on any atom is 0.128 e. The van der Waals surface area contributed by atoms with Gasteiger partial charge in [0.05, 0.1) is 19.9 Å². The Kier molecular flexibility index (Phi) is 4.23. The van der Waals surface area contributed by atoms with Gasteiger partial charge in [-0.25, -0.2) is 4.98 Å². The van der Waals surface area contributed by atoms with E-state index < -0.39 is 0 Å². The van der Waals surface area contributed by atoms with E-state index in [0.717, 1.165) is 23.7 Å². The SMILES string of the molecule is COc1ccccc1CNCc1ncc(Cl)n1C. The summed E-state index contributed by atoms with van der Waals surface area (Å²) in [5.74, 6) is 1.80. The van der Waals surface area contributed by atoms with Gasteiger partial charge < -0.3 is 14.6 Å². The predicted octanol–water partition coefficient (Wildman–Crippen LogP) is 2.37. The quantitative estimate of drug-likeness (QED) is 0.902. The zero-order valence-corrected chi connectivity index (χ0v) is 11.2. The summed E-state index contributed by atoms with van der Waals surface area (Å²) in [4.78, 5) is 4.23. The topological polar surface area (TPSA) is 39.1 Å². The first-order chi connectivity index (χ1) is 8.72. The van der Waals surface area contributed by atoms with Crippen LogP contribution in [0, 0.1) is 0 Å². The Labute approximate surface area is 112 Å². The van der Waals surface area contributed by atoms with Crippen molar-refractivity contribution in [1.29, 1.82) is 0 Å². The van der Waals surface area contributed by atoms with E-state index in [1.807, 2.05) is 35.9 Å². The fourth-order valence-electron chi connectivity index (χ4n) is 1.75. The summed E-state index contributed by atoms with van der Waals surface area (Å²) in [7, 11) is 3.58. The average Bonchev–Trinajstić information content (AvgIpc) is 2.71. The monoisotopic (exact) mass is 265 g/mol. The van der Waals surface area contributed by atoms with Crippen molar-refractivity contribution in [3.05, 3.63) is 47.0 Å². The molecule has 0 fully saturated rings. The highest BCUT2D eigenvalue weighted by Crippen LogP contribution is 2.17. The Balaban J connectivity index is 1.94. The van der Waals surface area contributed by atoms with Gasteiger partial charge in [0.25, 0.3) is 0 Å². The van der Waals surface area contributed by atoms with Gasteiger partial charge in [0.15, 0.2) is 0 Å². The highest BCUT2D eigenvalue weighted by Gasteiger charge is 2.05. The lowest BCUT2D eigenvalue weighted by atomic mass is 10.2.